The zero-order valence-electron chi connectivity index (χ0n) is 10.9. The summed E-state index contributed by atoms with van der Waals surface area (Å²) in [4.78, 5) is 0. The number of hydrogen-bond acceptors (Lipinski definition) is 3. The lowest BCUT2D eigenvalue weighted by molar-refractivity contribution is 0.270. The van der Waals surface area contributed by atoms with Crippen molar-refractivity contribution in [2.24, 2.45) is 0 Å². The molecule has 0 radical (unpaired) electrons. The van der Waals surface area contributed by atoms with Crippen molar-refractivity contribution in [3.63, 3.8) is 0 Å². The van der Waals surface area contributed by atoms with Crippen molar-refractivity contribution < 1.29 is 13.5 Å². The standard InChI is InChI=1S/C12H16Cl2N2O3S/c1-8-4-2-3-5-16(8)20(18,19)15-9-6-10(13)12(17)11(14)7-9/h6-8,15,17H,2-5H2,1H3. The zero-order chi connectivity index (χ0) is 14.9. The molecule has 0 amide bonds. The highest BCUT2D eigenvalue weighted by Crippen LogP contribution is 2.35. The van der Waals surface area contributed by atoms with Crippen LogP contribution in [0.15, 0.2) is 12.1 Å². The third kappa shape index (κ3) is 3.31. The summed E-state index contributed by atoms with van der Waals surface area (Å²) < 4.78 is 28.6. The minimum atomic E-state index is -3.65. The lowest BCUT2D eigenvalue weighted by Crippen LogP contribution is -2.44. The lowest BCUT2D eigenvalue weighted by Gasteiger charge is -2.32. The Kier molecular flexibility index (Phi) is 4.69. The van der Waals surface area contributed by atoms with Gasteiger partial charge in [-0.25, -0.2) is 0 Å². The molecule has 112 valence electrons. The molecule has 0 aromatic heterocycles. The Balaban J connectivity index is 2.24. The topological polar surface area (TPSA) is 69.6 Å². The van der Waals surface area contributed by atoms with Crippen molar-refractivity contribution >= 4 is 39.1 Å². The second kappa shape index (κ2) is 5.97. The predicted molar refractivity (Wildman–Crippen MR) is 80.7 cm³/mol. The number of hydrogen-bond donors (Lipinski definition) is 2. The SMILES string of the molecule is CC1CCCCN1S(=O)(=O)Nc1cc(Cl)c(O)c(Cl)c1. The van der Waals surface area contributed by atoms with Gasteiger partial charge in [0.25, 0.3) is 0 Å². The summed E-state index contributed by atoms with van der Waals surface area (Å²) in [6, 6.07) is 2.62. The summed E-state index contributed by atoms with van der Waals surface area (Å²) in [6.45, 7) is 2.38. The molecule has 1 fully saturated rings. The molecular weight excluding hydrogens is 323 g/mol. The molecular formula is C12H16Cl2N2O3S. The highest BCUT2D eigenvalue weighted by atomic mass is 35.5. The molecule has 1 atom stereocenters. The maximum atomic E-state index is 12.3. The number of piperidine rings is 1. The molecule has 0 saturated carbocycles. The molecule has 5 nitrogen and oxygen atoms in total. The van der Waals surface area contributed by atoms with Gasteiger partial charge < -0.3 is 5.11 Å². The van der Waals surface area contributed by atoms with Gasteiger partial charge in [-0.05, 0) is 31.9 Å². The molecule has 8 heteroatoms. The molecule has 0 bridgehead atoms. The highest BCUT2D eigenvalue weighted by Gasteiger charge is 2.29. The van der Waals surface area contributed by atoms with E-state index in [1.54, 1.807) is 0 Å². The predicted octanol–water partition coefficient (Wildman–Crippen LogP) is 3.23. The van der Waals surface area contributed by atoms with Gasteiger partial charge in [0.05, 0.1) is 15.7 Å². The molecule has 1 aliphatic rings. The largest absolute Gasteiger partial charge is 0.505 e. The lowest BCUT2D eigenvalue weighted by atomic mass is 10.1. The molecule has 2 rings (SSSR count). The number of aromatic hydroxyl groups is 1. The molecule has 1 aromatic carbocycles. The molecule has 1 saturated heterocycles. The van der Waals surface area contributed by atoms with Crippen molar-refractivity contribution in [1.82, 2.24) is 4.31 Å². The number of benzene rings is 1. The first-order valence-corrected chi connectivity index (χ1v) is 8.48. The number of phenolic OH excluding ortho intramolecular Hbond substituents is 1. The van der Waals surface area contributed by atoms with Gasteiger partial charge in [-0.1, -0.05) is 29.6 Å². The van der Waals surface area contributed by atoms with Gasteiger partial charge in [-0.15, -0.1) is 0 Å². The minimum Gasteiger partial charge on any atom is -0.505 e. The Labute approximate surface area is 128 Å². The van der Waals surface area contributed by atoms with Crippen LogP contribution in [0, 0.1) is 0 Å². The van der Waals surface area contributed by atoms with Crippen molar-refractivity contribution in [2.45, 2.75) is 32.2 Å². The minimum absolute atomic E-state index is 0.00175. The normalized spacial score (nSPS) is 20.9. The van der Waals surface area contributed by atoms with E-state index in [1.807, 2.05) is 6.92 Å². The maximum Gasteiger partial charge on any atom is 0.301 e. The van der Waals surface area contributed by atoms with Crippen LogP contribution in [0.1, 0.15) is 26.2 Å². The van der Waals surface area contributed by atoms with E-state index in [-0.39, 0.29) is 27.5 Å². The van der Waals surface area contributed by atoms with Gasteiger partial charge in [0.1, 0.15) is 0 Å². The Morgan fingerprint density at radius 1 is 1.30 bits per heavy atom. The Morgan fingerprint density at radius 2 is 1.90 bits per heavy atom. The summed E-state index contributed by atoms with van der Waals surface area (Å²) in [7, 11) is -3.65. The van der Waals surface area contributed by atoms with Gasteiger partial charge >= 0.3 is 10.2 Å². The smallest absolute Gasteiger partial charge is 0.301 e. The Hall–Kier alpha value is -0.690. The number of anilines is 1. The fraction of sp³-hybridized carbons (Fsp3) is 0.500. The van der Waals surface area contributed by atoms with Gasteiger partial charge in [-0.2, -0.15) is 12.7 Å². The van der Waals surface area contributed by atoms with E-state index in [2.05, 4.69) is 4.72 Å². The van der Waals surface area contributed by atoms with Crippen LogP contribution in [0.5, 0.6) is 5.75 Å². The van der Waals surface area contributed by atoms with Gasteiger partial charge in [0.15, 0.2) is 5.75 Å². The second-order valence-corrected chi connectivity index (χ2v) is 7.29. The molecule has 0 spiro atoms. The van der Waals surface area contributed by atoms with Crippen LogP contribution < -0.4 is 4.72 Å². The monoisotopic (exact) mass is 338 g/mol. The van der Waals surface area contributed by atoms with Crippen molar-refractivity contribution in [1.29, 1.82) is 0 Å². The Bertz CT molecular complexity index is 584. The molecule has 1 aliphatic heterocycles. The van der Waals surface area contributed by atoms with Crippen LogP contribution in [-0.4, -0.2) is 30.4 Å². The van der Waals surface area contributed by atoms with E-state index in [1.165, 1.54) is 16.4 Å². The summed E-state index contributed by atoms with van der Waals surface area (Å²) in [5, 5.41) is 9.47. The van der Waals surface area contributed by atoms with Crippen LogP contribution in [0.4, 0.5) is 5.69 Å². The first-order valence-electron chi connectivity index (χ1n) is 6.29. The van der Waals surface area contributed by atoms with E-state index >= 15 is 0 Å². The van der Waals surface area contributed by atoms with Gasteiger partial charge in [-0.3, -0.25) is 4.72 Å². The van der Waals surface area contributed by atoms with Crippen LogP contribution in [0.25, 0.3) is 0 Å². The number of nitrogens with one attached hydrogen (secondary N) is 1. The van der Waals surface area contributed by atoms with E-state index < -0.39 is 10.2 Å². The molecule has 1 heterocycles. The van der Waals surface area contributed by atoms with Crippen LogP contribution in [0.3, 0.4) is 0 Å². The van der Waals surface area contributed by atoms with Crippen molar-refractivity contribution in [3.8, 4) is 5.75 Å². The zero-order valence-corrected chi connectivity index (χ0v) is 13.3. The van der Waals surface area contributed by atoms with Crippen LogP contribution in [-0.2, 0) is 10.2 Å². The Morgan fingerprint density at radius 3 is 2.45 bits per heavy atom. The summed E-state index contributed by atoms with van der Waals surface area (Å²) >= 11 is 11.6. The third-order valence-electron chi connectivity index (χ3n) is 3.31. The maximum absolute atomic E-state index is 12.3. The van der Waals surface area contributed by atoms with Gasteiger partial charge in [0, 0.05) is 12.6 Å². The summed E-state index contributed by atoms with van der Waals surface area (Å²) in [5.74, 6) is -0.261. The van der Waals surface area contributed by atoms with Crippen molar-refractivity contribution in [2.75, 3.05) is 11.3 Å². The highest BCUT2D eigenvalue weighted by molar-refractivity contribution is 7.90. The average molecular weight is 339 g/mol. The molecule has 2 N–H and O–H groups in total. The molecule has 1 unspecified atom stereocenters. The molecule has 0 aliphatic carbocycles. The molecule has 20 heavy (non-hydrogen) atoms. The van der Waals surface area contributed by atoms with Crippen LogP contribution in [0.2, 0.25) is 10.0 Å². The quantitative estimate of drug-likeness (QED) is 0.831. The number of rotatable bonds is 3. The van der Waals surface area contributed by atoms with E-state index in [0.29, 0.717) is 6.54 Å². The van der Waals surface area contributed by atoms with Crippen molar-refractivity contribution in [3.05, 3.63) is 22.2 Å². The second-order valence-electron chi connectivity index (χ2n) is 4.85. The first-order chi connectivity index (χ1) is 9.31. The number of nitrogens with zero attached hydrogens (tertiary/aromatic N) is 1. The van der Waals surface area contributed by atoms with Gasteiger partial charge in [0.2, 0.25) is 0 Å². The van der Waals surface area contributed by atoms with E-state index in [9.17, 15) is 13.5 Å². The number of phenols is 1. The summed E-state index contributed by atoms with van der Waals surface area (Å²) in [5.41, 5.74) is 0.232. The van der Waals surface area contributed by atoms with Crippen LogP contribution >= 0.6 is 23.2 Å². The fourth-order valence-corrected chi connectivity index (χ4v) is 4.23. The fourth-order valence-electron chi connectivity index (χ4n) is 2.26. The average Bonchev–Trinajstić information content (AvgIpc) is 2.35. The summed E-state index contributed by atoms with van der Waals surface area (Å²) in [6.07, 6.45) is 2.73. The molecule has 1 aromatic rings. The first kappa shape index (κ1) is 15.7. The third-order valence-corrected chi connectivity index (χ3v) is 5.54. The van der Waals surface area contributed by atoms with E-state index in [4.69, 9.17) is 23.2 Å². The number of halogens is 2. The van der Waals surface area contributed by atoms with E-state index in [0.717, 1.165) is 19.3 Å².